The van der Waals surface area contributed by atoms with Gasteiger partial charge in [0.25, 0.3) is 5.91 Å². The maximum absolute atomic E-state index is 13.0. The molecule has 7 heteroatoms. The predicted octanol–water partition coefficient (Wildman–Crippen LogP) is 3.69. The molecule has 0 fully saturated rings. The van der Waals surface area contributed by atoms with E-state index in [-0.39, 0.29) is 5.69 Å². The molecule has 0 aliphatic carbocycles. The zero-order valence-electron chi connectivity index (χ0n) is 12.6. The minimum atomic E-state index is -0.807. The molecule has 4 nitrogen and oxygen atoms in total. The van der Waals surface area contributed by atoms with E-state index in [4.69, 9.17) is 4.74 Å². The molecule has 2 rings (SSSR count). The third kappa shape index (κ3) is 4.59. The molecule has 1 aromatic carbocycles. The Morgan fingerprint density at radius 2 is 1.83 bits per heavy atom. The fourth-order valence-electron chi connectivity index (χ4n) is 2.00. The van der Waals surface area contributed by atoms with Gasteiger partial charge in [-0.3, -0.25) is 4.79 Å². The highest BCUT2D eigenvalue weighted by atomic mass is 32.1. The van der Waals surface area contributed by atoms with Crippen LogP contribution in [0, 0.1) is 18.6 Å². The van der Waals surface area contributed by atoms with Gasteiger partial charge in [0, 0.05) is 16.6 Å². The van der Waals surface area contributed by atoms with Gasteiger partial charge in [0.15, 0.2) is 6.61 Å². The largest absolute Gasteiger partial charge is 0.451 e. The van der Waals surface area contributed by atoms with E-state index in [2.05, 4.69) is 5.32 Å². The van der Waals surface area contributed by atoms with Crippen LogP contribution < -0.4 is 5.32 Å². The lowest BCUT2D eigenvalue weighted by molar-refractivity contribution is -0.119. The lowest BCUT2D eigenvalue weighted by Crippen LogP contribution is -2.20. The first-order valence-corrected chi connectivity index (χ1v) is 7.73. The Morgan fingerprint density at radius 3 is 2.39 bits per heavy atom. The average molecular weight is 339 g/mol. The normalized spacial score (nSPS) is 10.4. The lowest BCUT2D eigenvalue weighted by atomic mass is 10.2. The van der Waals surface area contributed by atoms with E-state index < -0.39 is 30.1 Å². The number of ether oxygens (including phenoxy) is 1. The summed E-state index contributed by atoms with van der Waals surface area (Å²) < 4.78 is 30.9. The molecule has 2 aromatic rings. The van der Waals surface area contributed by atoms with Crippen molar-refractivity contribution in [1.82, 2.24) is 0 Å². The number of thiophene rings is 1. The fraction of sp³-hybridized carbons (Fsp3) is 0.250. The molecule has 1 N–H and O–H groups in total. The standard InChI is InChI=1S/C16H15F2NO3S/c1-3-13-9(2)4-14(23-13)16(21)22-8-15(20)19-12-6-10(17)5-11(18)7-12/h4-7H,3,8H2,1-2H3,(H,19,20). The molecule has 0 aliphatic heterocycles. The van der Waals surface area contributed by atoms with E-state index >= 15 is 0 Å². The number of esters is 1. The number of hydrogen-bond donors (Lipinski definition) is 1. The molecular formula is C16H15F2NO3S. The van der Waals surface area contributed by atoms with Crippen molar-refractivity contribution in [3.8, 4) is 0 Å². The number of rotatable bonds is 5. The van der Waals surface area contributed by atoms with Gasteiger partial charge in [-0.1, -0.05) is 6.92 Å². The summed E-state index contributed by atoms with van der Waals surface area (Å²) in [6, 6.07) is 4.35. The Labute approximate surface area is 136 Å². The fourth-order valence-corrected chi connectivity index (χ4v) is 3.00. The zero-order valence-corrected chi connectivity index (χ0v) is 13.4. The van der Waals surface area contributed by atoms with E-state index in [9.17, 15) is 18.4 Å². The molecule has 0 unspecified atom stereocenters. The van der Waals surface area contributed by atoms with Crippen molar-refractivity contribution in [1.29, 1.82) is 0 Å². The van der Waals surface area contributed by atoms with Gasteiger partial charge in [0.1, 0.15) is 16.5 Å². The summed E-state index contributed by atoms with van der Waals surface area (Å²) in [7, 11) is 0. The van der Waals surface area contributed by atoms with E-state index in [1.807, 2.05) is 13.8 Å². The van der Waals surface area contributed by atoms with Crippen molar-refractivity contribution in [3.63, 3.8) is 0 Å². The SMILES string of the molecule is CCc1sc(C(=O)OCC(=O)Nc2cc(F)cc(F)c2)cc1C. The molecule has 23 heavy (non-hydrogen) atoms. The van der Waals surface area contributed by atoms with Crippen molar-refractivity contribution in [3.05, 3.63) is 51.2 Å². The summed E-state index contributed by atoms with van der Waals surface area (Å²) in [4.78, 5) is 25.0. The Balaban J connectivity index is 1.91. The van der Waals surface area contributed by atoms with Crippen LogP contribution in [-0.4, -0.2) is 18.5 Å². The summed E-state index contributed by atoms with van der Waals surface area (Å²) in [6.07, 6.45) is 0.815. The third-order valence-corrected chi connectivity index (χ3v) is 4.39. The maximum Gasteiger partial charge on any atom is 0.348 e. The van der Waals surface area contributed by atoms with Gasteiger partial charge < -0.3 is 10.1 Å². The van der Waals surface area contributed by atoms with Crippen LogP contribution in [0.2, 0.25) is 0 Å². The summed E-state index contributed by atoms with van der Waals surface area (Å²) in [5.74, 6) is -2.89. The van der Waals surface area contributed by atoms with E-state index in [1.165, 1.54) is 11.3 Å². The minimum Gasteiger partial charge on any atom is -0.451 e. The van der Waals surface area contributed by atoms with Crippen molar-refractivity contribution in [2.45, 2.75) is 20.3 Å². The number of halogens is 2. The number of carbonyl (C=O) groups excluding carboxylic acids is 2. The van der Waals surface area contributed by atoms with Crippen molar-refractivity contribution in [2.24, 2.45) is 0 Å². The van der Waals surface area contributed by atoms with E-state index in [1.54, 1.807) is 6.07 Å². The highest BCUT2D eigenvalue weighted by molar-refractivity contribution is 7.14. The van der Waals surface area contributed by atoms with Crippen molar-refractivity contribution >= 4 is 28.9 Å². The maximum atomic E-state index is 13.0. The lowest BCUT2D eigenvalue weighted by Gasteiger charge is -2.06. The van der Waals surface area contributed by atoms with Gasteiger partial charge in [0.05, 0.1) is 0 Å². The van der Waals surface area contributed by atoms with Gasteiger partial charge in [0.2, 0.25) is 0 Å². The van der Waals surface area contributed by atoms with Crippen LogP contribution in [0.4, 0.5) is 14.5 Å². The second-order valence-corrected chi connectivity index (χ2v) is 5.99. The predicted molar refractivity (Wildman–Crippen MR) is 83.7 cm³/mol. The Bertz CT molecular complexity index is 723. The van der Waals surface area contributed by atoms with Crippen LogP contribution in [0.3, 0.4) is 0 Å². The molecule has 1 aromatic heterocycles. The second-order valence-electron chi connectivity index (χ2n) is 4.85. The number of carbonyl (C=O) groups is 2. The number of amides is 1. The Hall–Kier alpha value is -2.28. The molecule has 0 saturated heterocycles. The van der Waals surface area contributed by atoms with Crippen LogP contribution in [0.25, 0.3) is 0 Å². The first-order valence-electron chi connectivity index (χ1n) is 6.91. The van der Waals surface area contributed by atoms with Crippen molar-refractivity contribution < 1.29 is 23.1 Å². The number of aryl methyl sites for hydroxylation is 2. The Morgan fingerprint density at radius 1 is 1.17 bits per heavy atom. The van der Waals surface area contributed by atoms with Crippen LogP contribution in [-0.2, 0) is 16.0 Å². The summed E-state index contributed by atoms with van der Waals surface area (Å²) >= 11 is 1.32. The second kappa shape index (κ2) is 7.32. The molecule has 122 valence electrons. The van der Waals surface area contributed by atoms with E-state index in [0.717, 1.165) is 29.0 Å². The van der Waals surface area contributed by atoms with Crippen LogP contribution >= 0.6 is 11.3 Å². The smallest absolute Gasteiger partial charge is 0.348 e. The average Bonchev–Trinajstić information content (AvgIpc) is 2.85. The van der Waals surface area contributed by atoms with Crippen LogP contribution in [0.1, 0.15) is 27.0 Å². The molecule has 1 heterocycles. The van der Waals surface area contributed by atoms with Crippen LogP contribution in [0.5, 0.6) is 0 Å². The van der Waals surface area contributed by atoms with Gasteiger partial charge in [-0.15, -0.1) is 11.3 Å². The topological polar surface area (TPSA) is 55.4 Å². The summed E-state index contributed by atoms with van der Waals surface area (Å²) in [6.45, 7) is 3.35. The number of hydrogen-bond acceptors (Lipinski definition) is 4. The molecule has 0 radical (unpaired) electrons. The molecule has 0 aliphatic rings. The van der Waals surface area contributed by atoms with Gasteiger partial charge in [-0.25, -0.2) is 13.6 Å². The molecule has 0 bridgehead atoms. The highest BCUT2D eigenvalue weighted by Crippen LogP contribution is 2.23. The molecule has 0 spiro atoms. The van der Waals surface area contributed by atoms with Gasteiger partial charge >= 0.3 is 5.97 Å². The third-order valence-electron chi connectivity index (χ3n) is 3.02. The molecule has 1 amide bonds. The highest BCUT2D eigenvalue weighted by Gasteiger charge is 2.15. The van der Waals surface area contributed by atoms with Gasteiger partial charge in [-0.05, 0) is 37.1 Å². The first kappa shape index (κ1) is 17.1. The van der Waals surface area contributed by atoms with E-state index in [0.29, 0.717) is 10.9 Å². The van der Waals surface area contributed by atoms with Crippen LogP contribution in [0.15, 0.2) is 24.3 Å². The molecular weight excluding hydrogens is 324 g/mol. The van der Waals surface area contributed by atoms with Gasteiger partial charge in [-0.2, -0.15) is 0 Å². The monoisotopic (exact) mass is 339 g/mol. The number of anilines is 1. The first-order chi connectivity index (χ1) is 10.9. The zero-order chi connectivity index (χ0) is 17.0. The number of nitrogens with one attached hydrogen (secondary N) is 1. The summed E-state index contributed by atoms with van der Waals surface area (Å²) in [5, 5.41) is 2.27. The van der Waals surface area contributed by atoms with Crippen molar-refractivity contribution in [2.75, 3.05) is 11.9 Å². The Kier molecular flexibility index (Phi) is 5.44. The summed E-state index contributed by atoms with van der Waals surface area (Å²) in [5.41, 5.74) is 0.966. The quantitative estimate of drug-likeness (QED) is 0.845. The number of benzene rings is 1. The minimum absolute atomic E-state index is 0.0382. The molecule has 0 atom stereocenters. The molecule has 0 saturated carbocycles.